The third-order valence-corrected chi connectivity index (χ3v) is 3.88. The van der Waals surface area contributed by atoms with Gasteiger partial charge in [-0.2, -0.15) is 10.2 Å². The summed E-state index contributed by atoms with van der Waals surface area (Å²) in [4.78, 5) is 16.4. The van der Waals surface area contributed by atoms with Crippen molar-refractivity contribution in [1.29, 1.82) is 0 Å². The van der Waals surface area contributed by atoms with E-state index >= 15 is 0 Å². The normalized spacial score (nSPS) is 10.6. The van der Waals surface area contributed by atoms with E-state index in [1.165, 1.54) is 11.8 Å². The largest absolute Gasteiger partial charge is 0.293 e. The van der Waals surface area contributed by atoms with Gasteiger partial charge in [-0.1, -0.05) is 42.1 Å². The van der Waals surface area contributed by atoms with Crippen molar-refractivity contribution in [3.8, 4) is 0 Å². The molecule has 0 saturated heterocycles. The Morgan fingerprint density at radius 2 is 1.85 bits per heavy atom. The Bertz CT molecular complexity index is 741. The number of aromatic nitrogens is 3. The predicted octanol–water partition coefficient (Wildman–Crippen LogP) is 3.00. The summed E-state index contributed by atoms with van der Waals surface area (Å²) in [6, 6.07) is 11.2. The lowest BCUT2D eigenvalue weighted by atomic mass is 10.2. The van der Waals surface area contributed by atoms with Gasteiger partial charge in [0.05, 0.1) is 18.1 Å². The first-order chi connectivity index (χ1) is 9.84. The van der Waals surface area contributed by atoms with Gasteiger partial charge in [0.1, 0.15) is 5.03 Å². The number of pyridine rings is 1. The van der Waals surface area contributed by atoms with Crippen LogP contribution in [0.1, 0.15) is 10.4 Å². The molecule has 0 N–H and O–H groups in total. The number of Topliss-reactive ketones (excluding diaryl/α,β-unsaturated/α-hetero) is 1. The van der Waals surface area contributed by atoms with Crippen molar-refractivity contribution in [1.82, 2.24) is 15.2 Å². The summed E-state index contributed by atoms with van der Waals surface area (Å²) >= 11 is 1.42. The van der Waals surface area contributed by atoms with Gasteiger partial charge in [0.25, 0.3) is 0 Å². The highest BCUT2D eigenvalue weighted by atomic mass is 32.2. The van der Waals surface area contributed by atoms with Crippen LogP contribution in [0.2, 0.25) is 0 Å². The van der Waals surface area contributed by atoms with Gasteiger partial charge in [-0.25, -0.2) is 4.98 Å². The molecule has 0 unspecified atom stereocenters. The molecule has 0 amide bonds. The van der Waals surface area contributed by atoms with Crippen LogP contribution >= 0.6 is 11.8 Å². The van der Waals surface area contributed by atoms with Gasteiger partial charge in [-0.15, -0.1) is 0 Å². The fraction of sp³-hybridized carbons (Fsp3) is 0.0667. The second-order valence-electron chi connectivity index (χ2n) is 4.19. The fourth-order valence-electron chi connectivity index (χ4n) is 1.85. The standard InChI is InChI=1S/C15H11N3OS/c19-14(11-4-2-1-3-5-11)10-20-15-13-9-18-17-8-12(13)6-7-16-15/h1-9H,10H2. The number of thioether (sulfide) groups is 1. The second kappa shape index (κ2) is 5.79. The molecule has 1 aromatic carbocycles. The second-order valence-corrected chi connectivity index (χ2v) is 5.15. The number of carbonyl (C=O) groups is 1. The average molecular weight is 281 g/mol. The summed E-state index contributed by atoms with van der Waals surface area (Å²) in [6.07, 6.45) is 5.09. The SMILES string of the molecule is O=C(CSc1nccc2cnncc12)c1ccccc1. The Kier molecular flexibility index (Phi) is 3.69. The first-order valence-electron chi connectivity index (χ1n) is 6.11. The monoisotopic (exact) mass is 281 g/mol. The van der Waals surface area contributed by atoms with Crippen LogP contribution in [0.25, 0.3) is 10.8 Å². The van der Waals surface area contributed by atoms with Crippen LogP contribution in [0.4, 0.5) is 0 Å². The summed E-state index contributed by atoms with van der Waals surface area (Å²) in [5.41, 5.74) is 0.722. The summed E-state index contributed by atoms with van der Waals surface area (Å²) in [5.74, 6) is 0.453. The van der Waals surface area contributed by atoms with Crippen LogP contribution in [0.15, 0.2) is 60.0 Å². The Labute approximate surface area is 120 Å². The lowest BCUT2D eigenvalue weighted by Crippen LogP contribution is -2.02. The summed E-state index contributed by atoms with van der Waals surface area (Å²) in [7, 11) is 0. The number of benzene rings is 1. The van der Waals surface area contributed by atoms with Crippen LogP contribution in [-0.2, 0) is 0 Å². The van der Waals surface area contributed by atoms with Crippen LogP contribution in [0.3, 0.4) is 0 Å². The van der Waals surface area contributed by atoms with Crippen molar-refractivity contribution in [3.63, 3.8) is 0 Å². The zero-order valence-corrected chi connectivity index (χ0v) is 11.4. The average Bonchev–Trinajstić information content (AvgIpc) is 2.53. The van der Waals surface area contributed by atoms with Crippen molar-refractivity contribution >= 4 is 28.3 Å². The Morgan fingerprint density at radius 1 is 1.05 bits per heavy atom. The molecule has 20 heavy (non-hydrogen) atoms. The lowest BCUT2D eigenvalue weighted by Gasteiger charge is -2.04. The third kappa shape index (κ3) is 2.67. The molecule has 0 aliphatic rings. The van der Waals surface area contributed by atoms with E-state index in [-0.39, 0.29) is 5.78 Å². The molecule has 0 fully saturated rings. The molecule has 2 aromatic heterocycles. The molecule has 0 bridgehead atoms. The molecule has 3 rings (SSSR count). The molecular weight excluding hydrogens is 270 g/mol. The van der Waals surface area contributed by atoms with Gasteiger partial charge in [0, 0.05) is 22.5 Å². The number of hydrogen-bond acceptors (Lipinski definition) is 5. The maximum Gasteiger partial charge on any atom is 0.173 e. The van der Waals surface area contributed by atoms with E-state index in [9.17, 15) is 4.79 Å². The number of nitrogens with zero attached hydrogens (tertiary/aromatic N) is 3. The molecule has 0 aliphatic carbocycles. The minimum atomic E-state index is 0.0939. The molecule has 3 aromatic rings. The van der Waals surface area contributed by atoms with Crippen LogP contribution < -0.4 is 0 Å². The Balaban J connectivity index is 1.79. The van der Waals surface area contributed by atoms with Crippen molar-refractivity contribution in [3.05, 3.63) is 60.6 Å². The van der Waals surface area contributed by atoms with Gasteiger partial charge in [-0.05, 0) is 6.07 Å². The van der Waals surface area contributed by atoms with Gasteiger partial charge in [-0.3, -0.25) is 4.79 Å². The maximum atomic E-state index is 12.1. The number of rotatable bonds is 4. The molecule has 4 nitrogen and oxygen atoms in total. The van der Waals surface area contributed by atoms with Crippen LogP contribution in [0.5, 0.6) is 0 Å². The highest BCUT2D eigenvalue weighted by Crippen LogP contribution is 2.24. The zero-order chi connectivity index (χ0) is 13.8. The van der Waals surface area contributed by atoms with Gasteiger partial charge in [0.15, 0.2) is 5.78 Å². The van der Waals surface area contributed by atoms with Crippen molar-refractivity contribution in [2.45, 2.75) is 5.03 Å². The van der Waals surface area contributed by atoms with E-state index in [0.29, 0.717) is 5.75 Å². The smallest absolute Gasteiger partial charge is 0.173 e. The third-order valence-electron chi connectivity index (χ3n) is 2.87. The molecule has 0 saturated carbocycles. The van der Waals surface area contributed by atoms with Crippen LogP contribution in [0, 0.1) is 0 Å². The summed E-state index contributed by atoms with van der Waals surface area (Å²) in [6.45, 7) is 0. The Morgan fingerprint density at radius 3 is 2.70 bits per heavy atom. The van der Waals surface area contributed by atoms with E-state index in [0.717, 1.165) is 21.4 Å². The van der Waals surface area contributed by atoms with E-state index in [1.807, 2.05) is 36.4 Å². The molecule has 5 heteroatoms. The topological polar surface area (TPSA) is 55.7 Å². The molecular formula is C15H11N3OS. The molecule has 2 heterocycles. The minimum Gasteiger partial charge on any atom is -0.293 e. The zero-order valence-electron chi connectivity index (χ0n) is 10.6. The highest BCUT2D eigenvalue weighted by Gasteiger charge is 2.09. The summed E-state index contributed by atoms with van der Waals surface area (Å²) < 4.78 is 0. The van der Waals surface area contributed by atoms with E-state index in [1.54, 1.807) is 18.6 Å². The van der Waals surface area contributed by atoms with E-state index in [4.69, 9.17) is 0 Å². The molecule has 0 atom stereocenters. The van der Waals surface area contributed by atoms with Gasteiger partial charge >= 0.3 is 0 Å². The number of hydrogen-bond donors (Lipinski definition) is 0. The first kappa shape index (κ1) is 12.7. The van der Waals surface area contributed by atoms with Crippen molar-refractivity contribution < 1.29 is 4.79 Å². The number of carbonyl (C=O) groups excluding carboxylic acids is 1. The predicted molar refractivity (Wildman–Crippen MR) is 78.8 cm³/mol. The summed E-state index contributed by atoms with van der Waals surface area (Å²) in [5, 5.41) is 10.4. The first-order valence-corrected chi connectivity index (χ1v) is 7.09. The van der Waals surface area contributed by atoms with E-state index in [2.05, 4.69) is 15.2 Å². The molecule has 0 spiro atoms. The van der Waals surface area contributed by atoms with Crippen molar-refractivity contribution in [2.24, 2.45) is 0 Å². The fourth-order valence-corrected chi connectivity index (χ4v) is 2.75. The number of ketones is 1. The van der Waals surface area contributed by atoms with Gasteiger partial charge < -0.3 is 0 Å². The Hall–Kier alpha value is -2.27. The van der Waals surface area contributed by atoms with Crippen LogP contribution in [-0.4, -0.2) is 26.7 Å². The number of fused-ring (bicyclic) bond motifs is 1. The van der Waals surface area contributed by atoms with Crippen molar-refractivity contribution in [2.75, 3.05) is 5.75 Å². The lowest BCUT2D eigenvalue weighted by molar-refractivity contribution is 0.102. The quantitative estimate of drug-likeness (QED) is 0.543. The highest BCUT2D eigenvalue weighted by molar-refractivity contribution is 8.00. The van der Waals surface area contributed by atoms with Gasteiger partial charge in [0.2, 0.25) is 0 Å². The molecule has 98 valence electrons. The minimum absolute atomic E-state index is 0.0939. The molecule has 0 radical (unpaired) electrons. The van der Waals surface area contributed by atoms with E-state index < -0.39 is 0 Å². The molecule has 0 aliphatic heterocycles. The maximum absolute atomic E-state index is 12.1.